The summed E-state index contributed by atoms with van der Waals surface area (Å²) >= 11 is 1.48. The fourth-order valence-corrected chi connectivity index (χ4v) is 4.63. The third kappa shape index (κ3) is 5.38. The molecule has 1 aromatic carbocycles. The van der Waals surface area contributed by atoms with Crippen molar-refractivity contribution in [3.63, 3.8) is 0 Å². The Labute approximate surface area is 185 Å². The molecule has 0 aliphatic carbocycles. The Kier molecular flexibility index (Phi) is 6.35. The highest BCUT2D eigenvalue weighted by Crippen LogP contribution is 2.30. The molecule has 0 radical (unpaired) electrons. The molecule has 0 bridgehead atoms. The first-order valence-electron chi connectivity index (χ1n) is 9.68. The van der Waals surface area contributed by atoms with Crippen molar-refractivity contribution in [1.82, 2.24) is 4.90 Å². The van der Waals surface area contributed by atoms with Crippen molar-refractivity contribution >= 4 is 44.8 Å². The fourth-order valence-electron chi connectivity index (χ4n) is 3.41. The third-order valence-corrected chi connectivity index (χ3v) is 6.62. The lowest BCUT2D eigenvalue weighted by Gasteiger charge is -2.30. The number of hydrogen-bond donors (Lipinski definition) is 1. The normalized spacial score (nSPS) is 17.3. The second kappa shape index (κ2) is 8.52. The average molecular weight is 464 g/mol. The Balaban J connectivity index is 1.89. The van der Waals surface area contributed by atoms with E-state index in [-0.39, 0.29) is 41.3 Å². The van der Waals surface area contributed by atoms with Crippen LogP contribution in [0.3, 0.4) is 0 Å². The highest BCUT2D eigenvalue weighted by atomic mass is 32.2. The number of rotatable bonds is 6. The van der Waals surface area contributed by atoms with Gasteiger partial charge in [0.15, 0.2) is 0 Å². The number of anilines is 1. The lowest BCUT2D eigenvalue weighted by molar-refractivity contribution is -0.140. The van der Waals surface area contributed by atoms with Gasteiger partial charge in [-0.15, -0.1) is 11.3 Å². The van der Waals surface area contributed by atoms with Gasteiger partial charge in [0.2, 0.25) is 21.8 Å². The first-order valence-corrected chi connectivity index (χ1v) is 12.1. The molecule has 8 nitrogen and oxygen atoms in total. The van der Waals surface area contributed by atoms with E-state index in [0.29, 0.717) is 0 Å². The van der Waals surface area contributed by atoms with Gasteiger partial charge in [-0.05, 0) is 41.1 Å². The van der Waals surface area contributed by atoms with Crippen LogP contribution < -0.4 is 10.0 Å². The number of imide groups is 1. The number of amides is 3. The monoisotopic (exact) mass is 463 g/mol. The second-order valence-corrected chi connectivity index (χ2v) is 11.3. The molecule has 1 unspecified atom stereocenters. The zero-order valence-electron chi connectivity index (χ0n) is 17.6. The number of primary sulfonamides is 1. The Hall–Kier alpha value is -2.56. The Bertz CT molecular complexity index is 1090. The number of carbonyl (C=O) groups excluding carboxylic acids is 3. The summed E-state index contributed by atoms with van der Waals surface area (Å²) < 4.78 is 22.9. The molecule has 2 aromatic rings. The molecule has 1 aliphatic heterocycles. The minimum atomic E-state index is -3.89. The first kappa shape index (κ1) is 23.1. The lowest BCUT2D eigenvalue weighted by Crippen LogP contribution is -2.45. The molecule has 2 N–H and O–H groups in total. The molecular weight excluding hydrogens is 438 g/mol. The van der Waals surface area contributed by atoms with Crippen LogP contribution >= 0.6 is 11.3 Å². The Morgan fingerprint density at radius 1 is 1.19 bits per heavy atom. The molecule has 0 saturated carbocycles. The summed E-state index contributed by atoms with van der Waals surface area (Å²) in [5.41, 5.74) is -0.0381. The molecule has 1 fully saturated rings. The van der Waals surface area contributed by atoms with E-state index in [1.54, 1.807) is 0 Å². The van der Waals surface area contributed by atoms with Gasteiger partial charge in [-0.25, -0.2) is 18.5 Å². The molecule has 3 rings (SSSR count). The third-order valence-electron chi connectivity index (χ3n) is 4.83. The molecule has 166 valence electrons. The van der Waals surface area contributed by atoms with E-state index in [2.05, 4.69) is 0 Å². The molecule has 2 heterocycles. The summed E-state index contributed by atoms with van der Waals surface area (Å²) in [7, 11) is -3.89. The van der Waals surface area contributed by atoms with E-state index in [1.165, 1.54) is 40.5 Å². The van der Waals surface area contributed by atoms with Crippen molar-refractivity contribution in [2.45, 2.75) is 51.1 Å². The van der Waals surface area contributed by atoms with Crippen LogP contribution in [0.1, 0.15) is 38.5 Å². The van der Waals surface area contributed by atoms with Crippen molar-refractivity contribution < 1.29 is 22.8 Å². The molecule has 31 heavy (non-hydrogen) atoms. The zero-order chi connectivity index (χ0) is 23.0. The van der Waals surface area contributed by atoms with Crippen LogP contribution in [-0.4, -0.2) is 37.1 Å². The van der Waals surface area contributed by atoms with E-state index < -0.39 is 27.9 Å². The van der Waals surface area contributed by atoms with Crippen LogP contribution in [0.4, 0.5) is 5.69 Å². The van der Waals surface area contributed by atoms with Gasteiger partial charge < -0.3 is 4.90 Å². The van der Waals surface area contributed by atoms with E-state index in [9.17, 15) is 22.8 Å². The molecule has 10 heteroatoms. The predicted molar refractivity (Wildman–Crippen MR) is 118 cm³/mol. The smallest absolute Gasteiger partial charge is 0.257 e. The number of nitrogens with two attached hydrogens (primary N) is 1. The highest BCUT2D eigenvalue weighted by molar-refractivity contribution is 7.89. The van der Waals surface area contributed by atoms with Crippen molar-refractivity contribution in [3.8, 4) is 0 Å². The Morgan fingerprint density at radius 3 is 2.35 bits per heavy atom. The van der Waals surface area contributed by atoms with Crippen molar-refractivity contribution in [2.75, 3.05) is 4.90 Å². The van der Waals surface area contributed by atoms with Crippen LogP contribution in [0, 0.1) is 5.41 Å². The number of hydrogen-bond acceptors (Lipinski definition) is 6. The summed E-state index contributed by atoms with van der Waals surface area (Å²) in [5, 5.41) is 7.00. The number of nitrogens with zero attached hydrogens (tertiary/aromatic N) is 2. The summed E-state index contributed by atoms with van der Waals surface area (Å²) in [4.78, 5) is 42.3. The molecule has 1 aliphatic rings. The number of sulfonamides is 1. The van der Waals surface area contributed by atoms with Gasteiger partial charge in [0.05, 0.1) is 23.5 Å². The van der Waals surface area contributed by atoms with Crippen molar-refractivity contribution in [3.05, 3.63) is 46.7 Å². The topological polar surface area (TPSA) is 118 Å². The van der Waals surface area contributed by atoms with Crippen molar-refractivity contribution in [1.29, 1.82) is 0 Å². The summed E-state index contributed by atoms with van der Waals surface area (Å²) in [6.45, 7) is 6.06. The standard InChI is InChI=1S/C21H25N3O5S2/c1-21(2,3)12-19(26)23(13-15-5-4-10-30-15)17-11-18(25)24(20(17)27)14-6-8-16(9-7-14)31(22,28)29/h4-10,17H,11-13H2,1-3H3,(H2,22,28,29). The average Bonchev–Trinajstić information content (AvgIpc) is 3.25. The molecular formula is C21H25N3O5S2. The van der Waals surface area contributed by atoms with E-state index in [4.69, 9.17) is 5.14 Å². The SMILES string of the molecule is CC(C)(C)CC(=O)N(Cc1cccs1)C1CC(=O)N(c2ccc(S(N)(=O)=O)cc2)C1=O. The molecule has 3 amide bonds. The van der Waals surface area contributed by atoms with E-state index in [0.717, 1.165) is 9.78 Å². The van der Waals surface area contributed by atoms with Gasteiger partial charge in [0, 0.05) is 11.3 Å². The maximum absolute atomic E-state index is 13.2. The van der Waals surface area contributed by atoms with E-state index >= 15 is 0 Å². The second-order valence-electron chi connectivity index (χ2n) is 8.66. The number of thiophene rings is 1. The zero-order valence-corrected chi connectivity index (χ0v) is 19.2. The van der Waals surface area contributed by atoms with Gasteiger partial charge in [0.1, 0.15) is 6.04 Å². The van der Waals surface area contributed by atoms with E-state index in [1.807, 2.05) is 38.3 Å². The van der Waals surface area contributed by atoms with Gasteiger partial charge in [0.25, 0.3) is 5.91 Å². The lowest BCUT2D eigenvalue weighted by atomic mass is 9.91. The van der Waals surface area contributed by atoms with Gasteiger partial charge in [-0.2, -0.15) is 0 Å². The number of benzene rings is 1. The molecule has 1 saturated heterocycles. The largest absolute Gasteiger partial charge is 0.325 e. The van der Waals surface area contributed by atoms with Crippen LogP contribution in [0.2, 0.25) is 0 Å². The molecule has 0 spiro atoms. The van der Waals surface area contributed by atoms with Crippen molar-refractivity contribution in [2.24, 2.45) is 10.6 Å². The summed E-state index contributed by atoms with van der Waals surface area (Å²) in [6, 6.07) is 8.04. The van der Waals surface area contributed by atoms with Crippen LogP contribution in [0.25, 0.3) is 0 Å². The summed E-state index contributed by atoms with van der Waals surface area (Å²) in [6.07, 6.45) is 0.108. The predicted octanol–water partition coefficient (Wildman–Crippen LogP) is 2.49. The number of carbonyl (C=O) groups is 3. The van der Waals surface area contributed by atoms with Gasteiger partial charge >= 0.3 is 0 Å². The van der Waals surface area contributed by atoms with Crippen LogP contribution in [0.5, 0.6) is 0 Å². The highest BCUT2D eigenvalue weighted by Gasteiger charge is 2.44. The first-order chi connectivity index (χ1) is 14.4. The quantitative estimate of drug-likeness (QED) is 0.661. The summed E-state index contributed by atoms with van der Waals surface area (Å²) in [5.74, 6) is -1.15. The van der Waals surface area contributed by atoms with Gasteiger partial charge in [-0.3, -0.25) is 14.4 Å². The maximum Gasteiger partial charge on any atom is 0.257 e. The molecule has 1 atom stereocenters. The van der Waals surface area contributed by atoms with Crippen LogP contribution in [-0.2, 0) is 31.0 Å². The fraction of sp³-hybridized carbons (Fsp3) is 0.381. The maximum atomic E-state index is 13.2. The minimum absolute atomic E-state index is 0.119. The van der Waals surface area contributed by atoms with Crippen LogP contribution in [0.15, 0.2) is 46.7 Å². The molecule has 1 aromatic heterocycles. The van der Waals surface area contributed by atoms with Gasteiger partial charge in [-0.1, -0.05) is 26.8 Å². The Morgan fingerprint density at radius 2 is 1.84 bits per heavy atom. The minimum Gasteiger partial charge on any atom is -0.325 e.